The molecule has 1 aromatic carbocycles. The minimum atomic E-state index is -0.659. The molecule has 1 amide bonds. The monoisotopic (exact) mass is 472 g/mol. The first-order chi connectivity index (χ1) is 14.1. The first kappa shape index (κ1) is 21.2. The van der Waals surface area contributed by atoms with Crippen LogP contribution in [0, 0.1) is 11.3 Å². The van der Waals surface area contributed by atoms with Gasteiger partial charge in [-0.2, -0.15) is 5.26 Å². The molecule has 0 saturated carbocycles. The van der Waals surface area contributed by atoms with Crippen molar-refractivity contribution >= 4 is 49.1 Å². The number of halogens is 1. The Balaban J connectivity index is 0.00000117. The zero-order valence-corrected chi connectivity index (χ0v) is 18.4. The molecule has 6 nitrogen and oxygen atoms in total. The van der Waals surface area contributed by atoms with Crippen LogP contribution in [0.4, 0.5) is 5.69 Å². The number of rotatable bonds is 3. The number of nitrogens with two attached hydrogens (primary N) is 1. The maximum Gasteiger partial charge on any atom is 0.267 e. The van der Waals surface area contributed by atoms with Crippen molar-refractivity contribution in [2.45, 2.75) is 31.8 Å². The number of hydrogen-bond acceptors (Lipinski definition) is 6. The summed E-state index contributed by atoms with van der Waals surface area (Å²) in [5.74, 6) is -0.583. The van der Waals surface area contributed by atoms with E-state index < -0.39 is 12.1 Å². The number of anilines is 1. The summed E-state index contributed by atoms with van der Waals surface area (Å²) in [6.07, 6.45) is 1.65. The number of likely N-dealkylation sites (tertiary alicyclic amines) is 1. The molecule has 2 aromatic heterocycles. The van der Waals surface area contributed by atoms with Gasteiger partial charge in [0.1, 0.15) is 15.7 Å². The second-order valence-corrected chi connectivity index (χ2v) is 8.23. The Hall–Kier alpha value is -2.47. The molecule has 3 N–H and O–H groups in total. The van der Waals surface area contributed by atoms with Gasteiger partial charge in [0.05, 0.1) is 24.4 Å². The van der Waals surface area contributed by atoms with Crippen molar-refractivity contribution in [1.82, 2.24) is 9.88 Å². The van der Waals surface area contributed by atoms with Gasteiger partial charge in [-0.05, 0) is 29.8 Å². The number of carbonyl (C=O) groups is 1. The molecule has 0 bridgehead atoms. The molecule has 0 radical (unpaired) electrons. The minimum Gasteiger partial charge on any atom is -0.397 e. The number of benzene rings is 1. The predicted molar refractivity (Wildman–Crippen MR) is 119 cm³/mol. The number of aliphatic hydroxyl groups is 1. The number of pyridine rings is 1. The van der Waals surface area contributed by atoms with Gasteiger partial charge in [0.25, 0.3) is 5.91 Å². The molecule has 4 rings (SSSR count). The summed E-state index contributed by atoms with van der Waals surface area (Å²) < 4.78 is 0.929. The lowest BCUT2D eigenvalue weighted by atomic mass is 9.75. The van der Waals surface area contributed by atoms with Crippen LogP contribution < -0.4 is 5.73 Å². The standard InChI is InChI=1S/C19H15BrN4O2S.C2H6/c20-11-5-3-10(4-6-11)15-13(8-21)24(14(15)9-25)19(26)17-16(22)12-2-1-7-23-18(12)27-17;1-2/h1-7,13-15,25H,9,22H2;1-2H3. The van der Waals surface area contributed by atoms with Crippen molar-refractivity contribution in [1.29, 1.82) is 5.26 Å². The third-order valence-corrected chi connectivity index (χ3v) is 6.57. The lowest BCUT2D eigenvalue weighted by Gasteiger charge is -2.51. The van der Waals surface area contributed by atoms with Gasteiger partial charge >= 0.3 is 0 Å². The highest BCUT2D eigenvalue weighted by molar-refractivity contribution is 9.10. The second kappa shape index (κ2) is 8.91. The fraction of sp³-hybridized carbons (Fsp3) is 0.286. The molecule has 150 valence electrons. The molecule has 1 aliphatic rings. The first-order valence-corrected chi connectivity index (χ1v) is 10.9. The molecule has 3 heterocycles. The van der Waals surface area contributed by atoms with Crippen LogP contribution in [0.15, 0.2) is 47.1 Å². The van der Waals surface area contributed by atoms with Crippen molar-refractivity contribution < 1.29 is 9.90 Å². The number of aliphatic hydroxyl groups excluding tert-OH is 1. The average Bonchev–Trinajstić information content (AvgIpc) is 3.08. The summed E-state index contributed by atoms with van der Waals surface area (Å²) in [7, 11) is 0. The number of amides is 1. The van der Waals surface area contributed by atoms with E-state index in [1.54, 1.807) is 12.3 Å². The van der Waals surface area contributed by atoms with E-state index in [0.717, 1.165) is 15.4 Å². The molecule has 3 aromatic rings. The maximum atomic E-state index is 13.1. The number of hydrogen-bond donors (Lipinski definition) is 2. The lowest BCUT2D eigenvalue weighted by Crippen LogP contribution is -2.65. The topological polar surface area (TPSA) is 103 Å². The van der Waals surface area contributed by atoms with Crippen molar-refractivity contribution in [2.24, 2.45) is 0 Å². The highest BCUT2D eigenvalue weighted by Crippen LogP contribution is 2.43. The summed E-state index contributed by atoms with van der Waals surface area (Å²) in [5, 5.41) is 20.3. The van der Waals surface area contributed by atoms with E-state index >= 15 is 0 Å². The van der Waals surface area contributed by atoms with Gasteiger partial charge in [0, 0.05) is 22.0 Å². The molecule has 1 aliphatic heterocycles. The van der Waals surface area contributed by atoms with Crippen molar-refractivity contribution in [3.8, 4) is 6.07 Å². The summed E-state index contributed by atoms with van der Waals surface area (Å²) in [6, 6.07) is 12.2. The average molecular weight is 473 g/mol. The number of aromatic nitrogens is 1. The molecule has 29 heavy (non-hydrogen) atoms. The summed E-state index contributed by atoms with van der Waals surface area (Å²) in [4.78, 5) is 19.9. The van der Waals surface area contributed by atoms with Crippen LogP contribution in [0.1, 0.15) is 35.0 Å². The van der Waals surface area contributed by atoms with Gasteiger partial charge in [-0.3, -0.25) is 4.79 Å². The number of nitrogens with zero attached hydrogens (tertiary/aromatic N) is 3. The molecule has 3 atom stereocenters. The summed E-state index contributed by atoms with van der Waals surface area (Å²) in [6.45, 7) is 3.77. The lowest BCUT2D eigenvalue weighted by molar-refractivity contribution is -0.00539. The number of nitrogen functional groups attached to an aromatic ring is 1. The molecular formula is C21H21BrN4O2S. The zero-order valence-electron chi connectivity index (χ0n) is 16.0. The zero-order chi connectivity index (χ0) is 21.1. The van der Waals surface area contributed by atoms with E-state index in [-0.39, 0.29) is 18.4 Å². The minimum absolute atomic E-state index is 0.228. The van der Waals surface area contributed by atoms with Crippen LogP contribution in [0.3, 0.4) is 0 Å². The van der Waals surface area contributed by atoms with E-state index in [0.29, 0.717) is 15.4 Å². The molecular weight excluding hydrogens is 452 g/mol. The number of carbonyl (C=O) groups excluding carboxylic acids is 1. The van der Waals surface area contributed by atoms with E-state index in [1.807, 2.05) is 44.2 Å². The van der Waals surface area contributed by atoms with Gasteiger partial charge in [-0.1, -0.05) is 41.9 Å². The van der Waals surface area contributed by atoms with Crippen LogP contribution in [0.2, 0.25) is 0 Å². The molecule has 3 unspecified atom stereocenters. The highest BCUT2D eigenvalue weighted by atomic mass is 79.9. The van der Waals surface area contributed by atoms with E-state index in [2.05, 4.69) is 27.0 Å². The number of thiophene rings is 1. The Morgan fingerprint density at radius 1 is 1.34 bits per heavy atom. The largest absolute Gasteiger partial charge is 0.397 e. The quantitative estimate of drug-likeness (QED) is 0.595. The molecule has 1 saturated heterocycles. The fourth-order valence-corrected chi connectivity index (χ4v) is 4.87. The third kappa shape index (κ3) is 3.62. The molecule has 0 aliphatic carbocycles. The SMILES string of the molecule is CC.N#CC1C(c2ccc(Br)cc2)C(CO)N1C(=O)c1sc2ncccc2c1N. The molecule has 0 spiro atoms. The van der Waals surface area contributed by atoms with Crippen LogP contribution in [-0.4, -0.2) is 39.6 Å². The van der Waals surface area contributed by atoms with Crippen molar-refractivity contribution in [3.63, 3.8) is 0 Å². The van der Waals surface area contributed by atoms with E-state index in [4.69, 9.17) is 5.73 Å². The fourth-order valence-electron chi connectivity index (χ4n) is 3.60. The van der Waals surface area contributed by atoms with Gasteiger partial charge in [0.2, 0.25) is 0 Å². The van der Waals surface area contributed by atoms with Crippen LogP contribution in [-0.2, 0) is 0 Å². The van der Waals surface area contributed by atoms with Crippen LogP contribution >= 0.6 is 27.3 Å². The Morgan fingerprint density at radius 2 is 2.03 bits per heavy atom. The molecule has 1 fully saturated rings. The summed E-state index contributed by atoms with van der Waals surface area (Å²) >= 11 is 4.60. The van der Waals surface area contributed by atoms with Crippen molar-refractivity contribution in [2.75, 3.05) is 12.3 Å². The molecule has 8 heteroatoms. The van der Waals surface area contributed by atoms with Crippen molar-refractivity contribution in [3.05, 3.63) is 57.5 Å². The number of nitriles is 1. The maximum absolute atomic E-state index is 13.1. The Kier molecular flexibility index (Phi) is 6.52. The Labute approximate surface area is 181 Å². The Bertz CT molecular complexity index is 1060. The Morgan fingerprint density at radius 3 is 2.62 bits per heavy atom. The highest BCUT2D eigenvalue weighted by Gasteiger charge is 2.52. The normalized spacial score (nSPS) is 20.4. The van der Waals surface area contributed by atoms with Gasteiger partial charge in [0.15, 0.2) is 0 Å². The van der Waals surface area contributed by atoms with Crippen LogP contribution in [0.25, 0.3) is 10.2 Å². The van der Waals surface area contributed by atoms with Gasteiger partial charge in [-0.15, -0.1) is 11.3 Å². The van der Waals surface area contributed by atoms with Gasteiger partial charge < -0.3 is 15.7 Å². The smallest absolute Gasteiger partial charge is 0.267 e. The second-order valence-electron chi connectivity index (χ2n) is 6.31. The van der Waals surface area contributed by atoms with E-state index in [9.17, 15) is 15.2 Å². The number of fused-ring (bicyclic) bond motifs is 1. The third-order valence-electron chi connectivity index (χ3n) is 4.92. The predicted octanol–water partition coefficient (Wildman–Crippen LogP) is 4.16. The first-order valence-electron chi connectivity index (χ1n) is 9.28. The van der Waals surface area contributed by atoms with Crippen LogP contribution in [0.5, 0.6) is 0 Å². The van der Waals surface area contributed by atoms with E-state index in [1.165, 1.54) is 16.2 Å². The van der Waals surface area contributed by atoms with Gasteiger partial charge in [-0.25, -0.2) is 4.98 Å². The summed E-state index contributed by atoms with van der Waals surface area (Å²) in [5.41, 5.74) is 7.45.